The molecule has 126 valence electrons. The number of allylic oxidation sites excluding steroid dienone is 3. The summed E-state index contributed by atoms with van der Waals surface area (Å²) in [5.74, 6) is 1.20. The van der Waals surface area contributed by atoms with Crippen molar-refractivity contribution in [3.8, 4) is 17.2 Å². The van der Waals surface area contributed by atoms with Crippen LogP contribution >= 0.6 is 0 Å². The summed E-state index contributed by atoms with van der Waals surface area (Å²) in [5.41, 5.74) is 4.18. The topological polar surface area (TPSA) is 49.7 Å². The molecule has 2 N–H and O–H groups in total. The van der Waals surface area contributed by atoms with Crippen molar-refractivity contribution < 1.29 is 14.9 Å². The molecule has 0 aromatic heterocycles. The van der Waals surface area contributed by atoms with Crippen LogP contribution < -0.4 is 4.74 Å². The van der Waals surface area contributed by atoms with E-state index in [2.05, 4.69) is 19.9 Å². The van der Waals surface area contributed by atoms with E-state index < -0.39 is 0 Å². The molecule has 0 saturated carbocycles. The predicted molar refractivity (Wildman–Crippen MR) is 98.6 cm³/mol. The van der Waals surface area contributed by atoms with Crippen LogP contribution in [0.15, 0.2) is 54.1 Å². The smallest absolute Gasteiger partial charge is 0.126 e. The second-order valence-electron chi connectivity index (χ2n) is 5.98. The zero-order valence-electron chi connectivity index (χ0n) is 14.4. The van der Waals surface area contributed by atoms with Crippen LogP contribution in [0.1, 0.15) is 30.5 Å². The SMILES string of the molecule is COc1cc(O)c(C/C=C/c2ccc(O)cc2)cc1CC=C(C)C. The van der Waals surface area contributed by atoms with Crippen molar-refractivity contribution in [2.24, 2.45) is 0 Å². The molecule has 0 amide bonds. The van der Waals surface area contributed by atoms with E-state index in [1.54, 1.807) is 25.3 Å². The van der Waals surface area contributed by atoms with Gasteiger partial charge in [0.05, 0.1) is 7.11 Å². The molecule has 0 aliphatic rings. The first-order chi connectivity index (χ1) is 11.5. The summed E-state index contributed by atoms with van der Waals surface area (Å²) in [4.78, 5) is 0. The Kier molecular flexibility index (Phi) is 6.07. The van der Waals surface area contributed by atoms with Gasteiger partial charge in [0, 0.05) is 6.07 Å². The highest BCUT2D eigenvalue weighted by atomic mass is 16.5. The Labute approximate surface area is 143 Å². The van der Waals surface area contributed by atoms with Gasteiger partial charge in [0.2, 0.25) is 0 Å². The maximum atomic E-state index is 10.2. The Morgan fingerprint density at radius 1 is 1.00 bits per heavy atom. The molecule has 2 aromatic carbocycles. The number of hydrogen-bond donors (Lipinski definition) is 2. The van der Waals surface area contributed by atoms with Crippen LogP contribution in [-0.4, -0.2) is 17.3 Å². The molecule has 24 heavy (non-hydrogen) atoms. The first-order valence-corrected chi connectivity index (χ1v) is 7.97. The van der Waals surface area contributed by atoms with Crippen LogP contribution in [0.3, 0.4) is 0 Å². The van der Waals surface area contributed by atoms with Crippen molar-refractivity contribution in [1.82, 2.24) is 0 Å². The van der Waals surface area contributed by atoms with Gasteiger partial charge in [-0.1, -0.05) is 35.9 Å². The van der Waals surface area contributed by atoms with E-state index in [9.17, 15) is 10.2 Å². The lowest BCUT2D eigenvalue weighted by Gasteiger charge is -2.11. The average molecular weight is 324 g/mol. The third-order valence-corrected chi connectivity index (χ3v) is 3.75. The lowest BCUT2D eigenvalue weighted by molar-refractivity contribution is 0.402. The molecule has 0 atom stereocenters. The van der Waals surface area contributed by atoms with Gasteiger partial charge in [-0.25, -0.2) is 0 Å². The minimum atomic E-state index is 0.239. The fourth-order valence-electron chi connectivity index (χ4n) is 2.40. The molecule has 0 aliphatic carbocycles. The van der Waals surface area contributed by atoms with Crippen LogP contribution in [0.5, 0.6) is 17.2 Å². The number of ether oxygens (including phenoxy) is 1. The quantitative estimate of drug-likeness (QED) is 0.745. The first kappa shape index (κ1) is 17.7. The number of phenols is 2. The van der Waals surface area contributed by atoms with Crippen LogP contribution in [0, 0.1) is 0 Å². The number of benzene rings is 2. The summed E-state index contributed by atoms with van der Waals surface area (Å²) in [5, 5.41) is 19.5. The molecule has 0 heterocycles. The molecule has 2 rings (SSSR count). The average Bonchev–Trinajstić information content (AvgIpc) is 2.56. The largest absolute Gasteiger partial charge is 0.508 e. The predicted octanol–water partition coefficient (Wildman–Crippen LogP) is 4.87. The maximum Gasteiger partial charge on any atom is 0.126 e. The zero-order valence-corrected chi connectivity index (χ0v) is 14.4. The van der Waals surface area contributed by atoms with Gasteiger partial charge < -0.3 is 14.9 Å². The summed E-state index contributed by atoms with van der Waals surface area (Å²) in [6, 6.07) is 10.7. The summed E-state index contributed by atoms with van der Waals surface area (Å²) in [6.07, 6.45) is 7.52. The molecule has 3 heteroatoms. The van der Waals surface area contributed by atoms with Gasteiger partial charge in [-0.15, -0.1) is 0 Å². The van der Waals surface area contributed by atoms with Crippen LogP contribution in [0.2, 0.25) is 0 Å². The minimum Gasteiger partial charge on any atom is -0.508 e. The molecule has 0 aliphatic heterocycles. The summed E-state index contributed by atoms with van der Waals surface area (Å²) < 4.78 is 5.37. The summed E-state index contributed by atoms with van der Waals surface area (Å²) >= 11 is 0. The molecule has 0 unspecified atom stereocenters. The monoisotopic (exact) mass is 324 g/mol. The second-order valence-corrected chi connectivity index (χ2v) is 5.98. The van der Waals surface area contributed by atoms with Crippen molar-refractivity contribution in [2.75, 3.05) is 7.11 Å². The fraction of sp³-hybridized carbons (Fsp3) is 0.238. The van der Waals surface area contributed by atoms with Crippen molar-refractivity contribution in [1.29, 1.82) is 0 Å². The van der Waals surface area contributed by atoms with Gasteiger partial charge in [-0.05, 0) is 61.6 Å². The molecule has 0 fully saturated rings. The highest BCUT2D eigenvalue weighted by Crippen LogP contribution is 2.29. The third kappa shape index (κ3) is 4.92. The van der Waals surface area contributed by atoms with Crippen molar-refractivity contribution >= 4 is 6.08 Å². The lowest BCUT2D eigenvalue weighted by atomic mass is 10.0. The molecule has 3 nitrogen and oxygen atoms in total. The molecular formula is C21H24O3. The fourth-order valence-corrected chi connectivity index (χ4v) is 2.40. The Hall–Kier alpha value is -2.68. The number of aromatic hydroxyl groups is 2. The Balaban J connectivity index is 2.18. The normalized spacial score (nSPS) is 10.8. The van der Waals surface area contributed by atoms with Gasteiger partial charge in [0.15, 0.2) is 0 Å². The molecule has 0 radical (unpaired) electrons. The van der Waals surface area contributed by atoms with Gasteiger partial charge in [-0.2, -0.15) is 0 Å². The lowest BCUT2D eigenvalue weighted by Crippen LogP contribution is -1.94. The number of methoxy groups -OCH3 is 1. The van der Waals surface area contributed by atoms with E-state index in [0.717, 1.165) is 23.1 Å². The zero-order chi connectivity index (χ0) is 17.5. The summed E-state index contributed by atoms with van der Waals surface area (Å²) in [7, 11) is 1.62. The number of rotatable bonds is 6. The molecule has 0 saturated heterocycles. The van der Waals surface area contributed by atoms with Gasteiger partial charge >= 0.3 is 0 Å². The van der Waals surface area contributed by atoms with E-state index >= 15 is 0 Å². The molecule has 0 bridgehead atoms. The van der Waals surface area contributed by atoms with Crippen molar-refractivity contribution in [3.63, 3.8) is 0 Å². The molecule has 2 aromatic rings. The Bertz CT molecular complexity index is 736. The Morgan fingerprint density at radius 3 is 2.33 bits per heavy atom. The number of hydrogen-bond acceptors (Lipinski definition) is 3. The Morgan fingerprint density at radius 2 is 1.71 bits per heavy atom. The van der Waals surface area contributed by atoms with E-state index in [-0.39, 0.29) is 11.5 Å². The first-order valence-electron chi connectivity index (χ1n) is 7.97. The molecular weight excluding hydrogens is 300 g/mol. The van der Waals surface area contributed by atoms with Crippen LogP contribution in [-0.2, 0) is 12.8 Å². The highest BCUT2D eigenvalue weighted by Gasteiger charge is 2.08. The highest BCUT2D eigenvalue weighted by molar-refractivity contribution is 5.53. The van der Waals surface area contributed by atoms with Crippen LogP contribution in [0.4, 0.5) is 0 Å². The van der Waals surface area contributed by atoms with Crippen molar-refractivity contribution in [3.05, 3.63) is 70.8 Å². The van der Waals surface area contributed by atoms with E-state index in [4.69, 9.17) is 4.74 Å². The van der Waals surface area contributed by atoms with Gasteiger partial charge in [0.1, 0.15) is 17.2 Å². The second kappa shape index (κ2) is 8.25. The van der Waals surface area contributed by atoms with Crippen molar-refractivity contribution in [2.45, 2.75) is 26.7 Å². The molecule has 0 spiro atoms. The van der Waals surface area contributed by atoms with Crippen LogP contribution in [0.25, 0.3) is 6.08 Å². The standard InChI is InChI=1S/C21H24O3/c1-15(2)7-10-18-13-17(20(23)14-21(18)24-3)6-4-5-16-8-11-19(22)12-9-16/h4-5,7-9,11-14,22-23H,6,10H2,1-3H3/b5-4+. The minimum absolute atomic E-state index is 0.239. The van der Waals surface area contributed by atoms with E-state index in [1.165, 1.54) is 5.57 Å². The van der Waals surface area contributed by atoms with Gasteiger partial charge in [-0.3, -0.25) is 0 Å². The van der Waals surface area contributed by atoms with E-state index in [0.29, 0.717) is 12.2 Å². The van der Waals surface area contributed by atoms with E-state index in [1.807, 2.05) is 30.4 Å². The number of phenolic OH excluding ortho intramolecular Hbond substituents is 2. The third-order valence-electron chi connectivity index (χ3n) is 3.75. The summed E-state index contributed by atoms with van der Waals surface area (Å²) in [6.45, 7) is 4.13. The maximum absolute atomic E-state index is 10.2. The van der Waals surface area contributed by atoms with Gasteiger partial charge in [0.25, 0.3) is 0 Å².